The van der Waals surface area contributed by atoms with Gasteiger partial charge in [0.1, 0.15) is 23.9 Å². The number of nitrogens with zero attached hydrogens (tertiary/aromatic N) is 1. The SMILES string of the molecule is CCC(Cc1ccc(OCc2cnc3ccc(OC)cc3c2OC(C)C)cc1)(C(=O)O)C(=O)O. The van der Waals surface area contributed by atoms with Crippen LogP contribution in [0.3, 0.4) is 0 Å². The van der Waals surface area contributed by atoms with Gasteiger partial charge in [-0.25, -0.2) is 0 Å². The number of carboxylic acid groups (broad SMARTS) is 2. The van der Waals surface area contributed by atoms with Gasteiger partial charge in [0.15, 0.2) is 5.41 Å². The van der Waals surface area contributed by atoms with E-state index in [1.54, 1.807) is 44.5 Å². The van der Waals surface area contributed by atoms with Crippen molar-refractivity contribution in [2.75, 3.05) is 7.11 Å². The molecular weight excluding hydrogens is 438 g/mol. The topological polar surface area (TPSA) is 115 Å². The van der Waals surface area contributed by atoms with Crippen LogP contribution in [0.2, 0.25) is 0 Å². The van der Waals surface area contributed by atoms with Crippen LogP contribution in [-0.4, -0.2) is 40.3 Å². The Bertz CT molecular complexity index is 1160. The monoisotopic (exact) mass is 467 g/mol. The van der Waals surface area contributed by atoms with Crippen molar-refractivity contribution >= 4 is 22.8 Å². The van der Waals surface area contributed by atoms with Gasteiger partial charge in [-0.05, 0) is 62.6 Å². The van der Waals surface area contributed by atoms with Gasteiger partial charge in [0.05, 0.1) is 24.3 Å². The van der Waals surface area contributed by atoms with Gasteiger partial charge in [-0.15, -0.1) is 0 Å². The molecule has 0 saturated carbocycles. The number of fused-ring (bicyclic) bond motifs is 1. The lowest BCUT2D eigenvalue weighted by molar-refractivity contribution is -0.164. The fourth-order valence-electron chi connectivity index (χ4n) is 3.68. The van der Waals surface area contributed by atoms with Crippen molar-refractivity contribution < 1.29 is 34.0 Å². The highest BCUT2D eigenvalue weighted by molar-refractivity contribution is 5.98. The lowest BCUT2D eigenvalue weighted by Gasteiger charge is -2.23. The molecule has 0 amide bonds. The molecule has 2 N–H and O–H groups in total. The molecule has 0 aliphatic carbocycles. The maximum Gasteiger partial charge on any atom is 0.321 e. The number of methoxy groups -OCH3 is 1. The van der Waals surface area contributed by atoms with Crippen LogP contribution in [0, 0.1) is 5.41 Å². The largest absolute Gasteiger partial charge is 0.497 e. The molecule has 0 spiro atoms. The molecule has 0 saturated heterocycles. The minimum absolute atomic E-state index is 0.0195. The first-order valence-electron chi connectivity index (χ1n) is 11.0. The van der Waals surface area contributed by atoms with Gasteiger partial charge in [-0.2, -0.15) is 0 Å². The first kappa shape index (κ1) is 24.8. The van der Waals surface area contributed by atoms with Gasteiger partial charge >= 0.3 is 11.9 Å². The molecule has 2 aromatic carbocycles. The van der Waals surface area contributed by atoms with Gasteiger partial charge in [0.2, 0.25) is 0 Å². The first-order chi connectivity index (χ1) is 16.2. The maximum atomic E-state index is 11.6. The Morgan fingerprint density at radius 1 is 1.03 bits per heavy atom. The molecule has 34 heavy (non-hydrogen) atoms. The summed E-state index contributed by atoms with van der Waals surface area (Å²) >= 11 is 0. The van der Waals surface area contributed by atoms with E-state index >= 15 is 0 Å². The number of hydrogen-bond acceptors (Lipinski definition) is 6. The zero-order valence-electron chi connectivity index (χ0n) is 19.7. The third-order valence-electron chi connectivity index (χ3n) is 5.70. The quantitative estimate of drug-likeness (QED) is 0.389. The molecule has 1 aromatic heterocycles. The minimum Gasteiger partial charge on any atom is -0.497 e. The molecule has 3 aromatic rings. The molecule has 8 nitrogen and oxygen atoms in total. The summed E-state index contributed by atoms with van der Waals surface area (Å²) in [5, 5.41) is 19.8. The predicted molar refractivity (Wildman–Crippen MR) is 127 cm³/mol. The summed E-state index contributed by atoms with van der Waals surface area (Å²) in [5.74, 6) is -0.770. The fourth-order valence-corrected chi connectivity index (χ4v) is 3.68. The van der Waals surface area contributed by atoms with Crippen molar-refractivity contribution in [3.63, 3.8) is 0 Å². The third-order valence-corrected chi connectivity index (χ3v) is 5.70. The summed E-state index contributed by atoms with van der Waals surface area (Å²) in [6.07, 6.45) is 1.53. The van der Waals surface area contributed by atoms with E-state index in [2.05, 4.69) is 4.98 Å². The van der Waals surface area contributed by atoms with Gasteiger partial charge < -0.3 is 24.4 Å². The summed E-state index contributed by atoms with van der Waals surface area (Å²) in [7, 11) is 1.60. The van der Waals surface area contributed by atoms with E-state index < -0.39 is 17.4 Å². The number of carboxylic acids is 2. The summed E-state index contributed by atoms with van der Waals surface area (Å²) < 4.78 is 17.4. The maximum absolute atomic E-state index is 11.6. The van der Waals surface area contributed by atoms with Crippen LogP contribution < -0.4 is 14.2 Å². The zero-order valence-corrected chi connectivity index (χ0v) is 19.7. The Hall–Kier alpha value is -3.81. The van der Waals surface area contributed by atoms with Crippen LogP contribution in [0.5, 0.6) is 17.2 Å². The highest BCUT2D eigenvalue weighted by Gasteiger charge is 2.44. The Balaban J connectivity index is 1.82. The Morgan fingerprint density at radius 3 is 2.24 bits per heavy atom. The Kier molecular flexibility index (Phi) is 7.61. The molecule has 8 heteroatoms. The van der Waals surface area contributed by atoms with Gasteiger partial charge in [0, 0.05) is 11.6 Å². The van der Waals surface area contributed by atoms with E-state index in [4.69, 9.17) is 14.2 Å². The average molecular weight is 468 g/mol. The number of pyridine rings is 1. The smallest absolute Gasteiger partial charge is 0.321 e. The van der Waals surface area contributed by atoms with Crippen LogP contribution in [0.1, 0.15) is 38.3 Å². The van der Waals surface area contributed by atoms with E-state index in [9.17, 15) is 19.8 Å². The van der Waals surface area contributed by atoms with Crippen molar-refractivity contribution in [2.24, 2.45) is 5.41 Å². The van der Waals surface area contributed by atoms with Crippen molar-refractivity contribution in [1.29, 1.82) is 0 Å². The van der Waals surface area contributed by atoms with Crippen LogP contribution in [0.25, 0.3) is 10.9 Å². The van der Waals surface area contributed by atoms with E-state index in [1.807, 2.05) is 32.0 Å². The van der Waals surface area contributed by atoms with Crippen molar-refractivity contribution in [2.45, 2.75) is 46.3 Å². The van der Waals surface area contributed by atoms with E-state index in [1.165, 1.54) is 0 Å². The molecule has 0 aliphatic heterocycles. The van der Waals surface area contributed by atoms with E-state index in [-0.39, 0.29) is 25.6 Å². The number of benzene rings is 2. The van der Waals surface area contributed by atoms with E-state index in [0.717, 1.165) is 16.5 Å². The predicted octanol–water partition coefficient (Wildman–Crippen LogP) is 4.72. The summed E-state index contributed by atoms with van der Waals surface area (Å²) in [5.41, 5.74) is 0.284. The van der Waals surface area contributed by atoms with Gasteiger partial charge in [0.25, 0.3) is 0 Å². The molecule has 0 aliphatic rings. The Morgan fingerprint density at radius 2 is 1.68 bits per heavy atom. The second kappa shape index (κ2) is 10.4. The number of aromatic nitrogens is 1. The fraction of sp³-hybridized carbons (Fsp3) is 0.346. The molecule has 0 unspecified atom stereocenters. The summed E-state index contributed by atoms with van der Waals surface area (Å²) in [6.45, 7) is 5.65. The highest BCUT2D eigenvalue weighted by atomic mass is 16.5. The average Bonchev–Trinajstić information content (AvgIpc) is 2.81. The standard InChI is InChI=1S/C26H29NO7/c1-5-26(24(28)29,25(30)31)13-17-6-8-19(9-7-17)33-15-18-14-27-22-11-10-20(32-4)12-21(22)23(18)34-16(2)3/h6-12,14,16H,5,13,15H2,1-4H3,(H,28,29)(H,30,31). The number of hydrogen-bond donors (Lipinski definition) is 2. The van der Waals surface area contributed by atoms with Gasteiger partial charge in [-0.3, -0.25) is 14.6 Å². The van der Waals surface area contributed by atoms with Gasteiger partial charge in [-0.1, -0.05) is 19.1 Å². The molecular formula is C26H29NO7. The second-order valence-corrected chi connectivity index (χ2v) is 8.32. The highest BCUT2D eigenvalue weighted by Crippen LogP contribution is 2.33. The first-order valence-corrected chi connectivity index (χ1v) is 11.0. The summed E-state index contributed by atoms with van der Waals surface area (Å²) in [6, 6.07) is 12.3. The van der Waals surface area contributed by atoms with Crippen LogP contribution in [-0.2, 0) is 22.6 Å². The molecule has 0 radical (unpaired) electrons. The molecule has 180 valence electrons. The molecule has 0 bridgehead atoms. The number of rotatable bonds is 11. The van der Waals surface area contributed by atoms with Crippen LogP contribution in [0.15, 0.2) is 48.7 Å². The number of aliphatic carboxylic acids is 2. The van der Waals surface area contributed by atoms with Crippen molar-refractivity contribution in [3.8, 4) is 17.2 Å². The molecule has 3 rings (SSSR count). The molecule has 1 heterocycles. The van der Waals surface area contributed by atoms with Crippen LogP contribution in [0.4, 0.5) is 0 Å². The third kappa shape index (κ3) is 5.22. The van der Waals surface area contributed by atoms with Crippen LogP contribution >= 0.6 is 0 Å². The van der Waals surface area contributed by atoms with Crippen molar-refractivity contribution in [1.82, 2.24) is 4.98 Å². The Labute approximate surface area is 198 Å². The minimum atomic E-state index is -1.86. The zero-order chi connectivity index (χ0) is 24.9. The van der Waals surface area contributed by atoms with Crippen molar-refractivity contribution in [3.05, 3.63) is 59.8 Å². The number of carbonyl (C=O) groups is 2. The molecule has 0 atom stereocenters. The van der Waals surface area contributed by atoms with E-state index in [0.29, 0.717) is 22.8 Å². The lowest BCUT2D eigenvalue weighted by Crippen LogP contribution is -2.40. The second-order valence-electron chi connectivity index (χ2n) is 8.32. The number of ether oxygens (including phenoxy) is 3. The normalized spacial score (nSPS) is 11.4. The molecule has 0 fully saturated rings. The lowest BCUT2D eigenvalue weighted by atomic mass is 9.79. The summed E-state index contributed by atoms with van der Waals surface area (Å²) in [4.78, 5) is 27.8.